The highest BCUT2D eigenvalue weighted by Gasteiger charge is 2.47. The van der Waals surface area contributed by atoms with E-state index in [1.54, 1.807) is 0 Å². The number of rotatable bonds is 2. The first-order valence-electron chi connectivity index (χ1n) is 7.74. The number of carbonyl (C=O) groups excluding carboxylic acids is 1. The normalized spacial score (nSPS) is 25.0. The summed E-state index contributed by atoms with van der Waals surface area (Å²) in [6.07, 6.45) is 9.98. The maximum Gasteiger partial charge on any atom is 0.327 e. The molecule has 0 bridgehead atoms. The van der Waals surface area contributed by atoms with Crippen LogP contribution in [0.2, 0.25) is 0 Å². The Kier molecular flexibility index (Phi) is 4.54. The van der Waals surface area contributed by atoms with Gasteiger partial charge in [0, 0.05) is 0 Å². The zero-order valence-corrected chi connectivity index (χ0v) is 12.7. The first-order chi connectivity index (χ1) is 8.94. The molecule has 1 aliphatic carbocycles. The Labute approximate surface area is 117 Å². The molecule has 1 heterocycles. The van der Waals surface area contributed by atoms with Crippen molar-refractivity contribution in [3.05, 3.63) is 6.42 Å². The maximum absolute atomic E-state index is 12.8. The molecule has 0 aromatic carbocycles. The summed E-state index contributed by atoms with van der Waals surface area (Å²) in [5.41, 5.74) is -0.733. The van der Waals surface area contributed by atoms with Crippen LogP contribution in [0.4, 0.5) is 0 Å². The molecule has 2 fully saturated rings. The fourth-order valence-electron chi connectivity index (χ4n) is 3.30. The summed E-state index contributed by atoms with van der Waals surface area (Å²) in [5.74, 6) is 0.00926. The van der Waals surface area contributed by atoms with E-state index < -0.39 is 0 Å². The van der Waals surface area contributed by atoms with Crippen LogP contribution in [0.1, 0.15) is 65.7 Å². The van der Waals surface area contributed by atoms with Crippen LogP contribution in [0.15, 0.2) is 0 Å². The highest BCUT2D eigenvalue weighted by atomic mass is 16.6. The van der Waals surface area contributed by atoms with Crippen molar-refractivity contribution >= 4 is 5.97 Å². The molecular weight excluding hydrogens is 238 g/mol. The second kappa shape index (κ2) is 5.82. The summed E-state index contributed by atoms with van der Waals surface area (Å²) in [6, 6.07) is 0. The summed E-state index contributed by atoms with van der Waals surface area (Å²) in [5, 5.41) is 0. The minimum absolute atomic E-state index is 0.00926. The van der Waals surface area contributed by atoms with E-state index in [0.29, 0.717) is 0 Å². The number of carbonyl (C=O) groups is 1. The lowest BCUT2D eigenvalue weighted by Crippen LogP contribution is -2.59. The lowest BCUT2D eigenvalue weighted by Gasteiger charge is -2.46. The smallest absolute Gasteiger partial charge is 0.327 e. The third-order valence-electron chi connectivity index (χ3n) is 4.26. The zero-order chi connectivity index (χ0) is 13.9. The fraction of sp³-hybridized carbons (Fsp3) is 0.875. The van der Waals surface area contributed by atoms with Crippen LogP contribution in [-0.2, 0) is 9.53 Å². The molecule has 1 saturated carbocycles. The molecule has 0 unspecified atom stereocenters. The van der Waals surface area contributed by atoms with E-state index in [-0.39, 0.29) is 17.1 Å². The highest BCUT2D eigenvalue weighted by molar-refractivity contribution is 5.81. The van der Waals surface area contributed by atoms with Crippen molar-refractivity contribution in [2.45, 2.75) is 76.9 Å². The highest BCUT2D eigenvalue weighted by Crippen LogP contribution is 2.37. The van der Waals surface area contributed by atoms with Crippen molar-refractivity contribution in [1.29, 1.82) is 0 Å². The quantitative estimate of drug-likeness (QED) is 0.718. The number of esters is 1. The Bertz CT molecular complexity index is 307. The molecule has 1 saturated heterocycles. The first kappa shape index (κ1) is 14.8. The van der Waals surface area contributed by atoms with Gasteiger partial charge in [0.2, 0.25) is 0 Å². The average Bonchev–Trinajstić information content (AvgIpc) is 2.38. The largest absolute Gasteiger partial charge is 0.459 e. The van der Waals surface area contributed by atoms with Crippen molar-refractivity contribution < 1.29 is 9.53 Å². The molecule has 0 spiro atoms. The van der Waals surface area contributed by atoms with E-state index >= 15 is 0 Å². The molecule has 0 N–H and O–H groups in total. The van der Waals surface area contributed by atoms with Crippen molar-refractivity contribution in [3.63, 3.8) is 0 Å². The molecule has 109 valence electrons. The van der Waals surface area contributed by atoms with Gasteiger partial charge in [-0.2, -0.15) is 0 Å². The standard InChI is InChI=1S/C16H28NO2/c1-15(2,3)19-14(18)16(10-6-4-7-11-16)17-12-8-5-9-13-17/h4H,5-13H2,1-3H3. The van der Waals surface area contributed by atoms with Crippen LogP contribution >= 0.6 is 0 Å². The van der Waals surface area contributed by atoms with Crippen molar-refractivity contribution in [1.82, 2.24) is 4.90 Å². The summed E-state index contributed by atoms with van der Waals surface area (Å²) in [6.45, 7) is 8.00. The van der Waals surface area contributed by atoms with Crippen molar-refractivity contribution in [2.75, 3.05) is 13.1 Å². The number of nitrogens with zero attached hydrogens (tertiary/aromatic N) is 1. The van der Waals surface area contributed by atoms with Crippen LogP contribution in [0.3, 0.4) is 0 Å². The van der Waals surface area contributed by atoms with Gasteiger partial charge < -0.3 is 4.74 Å². The van der Waals surface area contributed by atoms with Gasteiger partial charge in [0.1, 0.15) is 11.1 Å². The molecule has 3 heteroatoms. The van der Waals surface area contributed by atoms with Gasteiger partial charge in [-0.15, -0.1) is 0 Å². The Hall–Kier alpha value is -0.570. The number of piperidine rings is 1. The van der Waals surface area contributed by atoms with E-state index in [2.05, 4.69) is 11.3 Å². The fourth-order valence-corrected chi connectivity index (χ4v) is 3.30. The Morgan fingerprint density at radius 2 is 1.68 bits per heavy atom. The molecule has 1 aliphatic heterocycles. The van der Waals surface area contributed by atoms with Gasteiger partial charge in [-0.3, -0.25) is 9.69 Å². The molecular formula is C16H28NO2. The number of ether oxygens (including phenoxy) is 1. The summed E-state index contributed by atoms with van der Waals surface area (Å²) in [4.78, 5) is 15.2. The molecule has 1 radical (unpaired) electrons. The minimum atomic E-state index is -0.388. The Morgan fingerprint density at radius 1 is 1.11 bits per heavy atom. The van der Waals surface area contributed by atoms with Crippen LogP contribution in [-0.4, -0.2) is 35.1 Å². The van der Waals surface area contributed by atoms with Gasteiger partial charge in [0.15, 0.2) is 0 Å². The first-order valence-corrected chi connectivity index (χ1v) is 7.74. The lowest BCUT2D eigenvalue weighted by molar-refractivity contribution is -0.173. The summed E-state index contributed by atoms with van der Waals surface area (Å²) >= 11 is 0. The van der Waals surface area contributed by atoms with Crippen LogP contribution < -0.4 is 0 Å². The van der Waals surface area contributed by atoms with Gasteiger partial charge in [-0.05, 0) is 78.8 Å². The number of likely N-dealkylation sites (tertiary alicyclic amines) is 1. The van der Waals surface area contributed by atoms with E-state index in [0.717, 1.165) is 38.8 Å². The van der Waals surface area contributed by atoms with Gasteiger partial charge in [0.25, 0.3) is 0 Å². The summed E-state index contributed by atoms with van der Waals surface area (Å²) < 4.78 is 5.74. The molecule has 0 aromatic rings. The molecule has 0 aromatic heterocycles. The Morgan fingerprint density at radius 3 is 2.21 bits per heavy atom. The van der Waals surface area contributed by atoms with E-state index in [4.69, 9.17) is 4.74 Å². The predicted octanol–water partition coefficient (Wildman–Crippen LogP) is 3.33. The van der Waals surface area contributed by atoms with Gasteiger partial charge in [-0.1, -0.05) is 6.42 Å². The second-order valence-corrected chi connectivity index (χ2v) is 6.95. The van der Waals surface area contributed by atoms with Crippen LogP contribution in [0, 0.1) is 6.42 Å². The topological polar surface area (TPSA) is 29.5 Å². The third-order valence-corrected chi connectivity index (χ3v) is 4.26. The third kappa shape index (κ3) is 3.50. The van der Waals surface area contributed by atoms with Gasteiger partial charge in [-0.25, -0.2) is 0 Å². The van der Waals surface area contributed by atoms with Crippen molar-refractivity contribution in [2.24, 2.45) is 0 Å². The van der Waals surface area contributed by atoms with Gasteiger partial charge >= 0.3 is 5.97 Å². The van der Waals surface area contributed by atoms with Gasteiger partial charge in [0.05, 0.1) is 0 Å². The molecule has 2 rings (SSSR count). The zero-order valence-electron chi connectivity index (χ0n) is 12.7. The molecule has 2 aliphatic rings. The minimum Gasteiger partial charge on any atom is -0.459 e. The number of hydrogen-bond donors (Lipinski definition) is 0. The van der Waals surface area contributed by atoms with E-state index in [1.807, 2.05) is 20.8 Å². The average molecular weight is 266 g/mol. The lowest BCUT2D eigenvalue weighted by atomic mass is 9.79. The molecule has 0 amide bonds. The van der Waals surface area contributed by atoms with Crippen LogP contribution in [0.5, 0.6) is 0 Å². The van der Waals surface area contributed by atoms with E-state index in [9.17, 15) is 4.79 Å². The monoisotopic (exact) mass is 266 g/mol. The molecule has 3 nitrogen and oxygen atoms in total. The SMILES string of the molecule is CC(C)(C)OC(=O)C1(N2CCCCC2)CC[CH]CC1. The molecule has 19 heavy (non-hydrogen) atoms. The Balaban J connectivity index is 2.15. The van der Waals surface area contributed by atoms with E-state index in [1.165, 1.54) is 19.3 Å². The van der Waals surface area contributed by atoms with Crippen molar-refractivity contribution in [3.8, 4) is 0 Å². The maximum atomic E-state index is 12.8. The van der Waals surface area contributed by atoms with Crippen LogP contribution in [0.25, 0.3) is 0 Å². The number of hydrogen-bond acceptors (Lipinski definition) is 3. The second-order valence-electron chi connectivity index (χ2n) is 6.95. The predicted molar refractivity (Wildman–Crippen MR) is 76.8 cm³/mol. The summed E-state index contributed by atoms with van der Waals surface area (Å²) in [7, 11) is 0. The molecule has 0 atom stereocenters.